The van der Waals surface area contributed by atoms with Gasteiger partial charge in [-0.1, -0.05) is 0 Å². The molecule has 3 amide bonds. The van der Waals surface area contributed by atoms with Crippen molar-refractivity contribution in [3.8, 4) is 28.7 Å². The van der Waals surface area contributed by atoms with Crippen molar-refractivity contribution in [2.45, 2.75) is 6.42 Å². The molecule has 32 heavy (non-hydrogen) atoms. The summed E-state index contributed by atoms with van der Waals surface area (Å²) in [6.07, 6.45) is 0.346. The van der Waals surface area contributed by atoms with Gasteiger partial charge in [-0.15, -0.1) is 0 Å². The molecule has 2 aliphatic heterocycles. The molecule has 0 radical (unpaired) electrons. The molecular weight excluding hydrogens is 418 g/mol. The van der Waals surface area contributed by atoms with E-state index in [2.05, 4.69) is 10.6 Å². The highest BCUT2D eigenvalue weighted by molar-refractivity contribution is 5.96. The van der Waals surface area contributed by atoms with Gasteiger partial charge in [0.2, 0.25) is 18.4 Å². The van der Waals surface area contributed by atoms with Gasteiger partial charge >= 0.3 is 6.03 Å². The summed E-state index contributed by atoms with van der Waals surface area (Å²) in [5.74, 6) is 2.59. The Kier molecular flexibility index (Phi) is 6.11. The van der Waals surface area contributed by atoms with E-state index in [-0.39, 0.29) is 18.6 Å². The first-order chi connectivity index (χ1) is 15.5. The number of rotatable bonds is 7. The van der Waals surface area contributed by atoms with Gasteiger partial charge in [-0.3, -0.25) is 4.79 Å². The average Bonchev–Trinajstić information content (AvgIpc) is 3.42. The van der Waals surface area contributed by atoms with Gasteiger partial charge in [0.25, 0.3) is 0 Å². The van der Waals surface area contributed by atoms with E-state index in [0.29, 0.717) is 53.9 Å². The number of carbonyl (C=O) groups excluding carboxylic acids is 2. The van der Waals surface area contributed by atoms with Crippen molar-refractivity contribution >= 4 is 23.3 Å². The maximum atomic E-state index is 12.5. The molecule has 2 N–H and O–H groups in total. The summed E-state index contributed by atoms with van der Waals surface area (Å²) in [4.78, 5) is 26.6. The van der Waals surface area contributed by atoms with E-state index in [0.717, 1.165) is 5.69 Å². The summed E-state index contributed by atoms with van der Waals surface area (Å²) in [6, 6.07) is 8.31. The minimum absolute atomic E-state index is 0.000649. The standard InChI is InChI=1S/C22H25N3O7/c1-28-18-7-14(8-19(29-2)21(18)30-3)24-22(27)23-10-13-6-20(26)25(11-13)15-4-5-16-17(9-15)32-12-31-16/h4-5,7-9,13H,6,10-12H2,1-3H3,(H2,23,24,27)/t13-/m1/s1. The maximum Gasteiger partial charge on any atom is 0.319 e. The Hall–Kier alpha value is -3.82. The molecule has 0 unspecified atom stereocenters. The lowest BCUT2D eigenvalue weighted by atomic mass is 10.1. The van der Waals surface area contributed by atoms with Crippen molar-refractivity contribution in [1.29, 1.82) is 0 Å². The van der Waals surface area contributed by atoms with Gasteiger partial charge in [0, 0.05) is 49.3 Å². The van der Waals surface area contributed by atoms with Crippen LogP contribution in [0.25, 0.3) is 0 Å². The third kappa shape index (κ3) is 4.29. The smallest absolute Gasteiger partial charge is 0.319 e. The predicted molar refractivity (Wildman–Crippen MR) is 116 cm³/mol. The molecule has 10 nitrogen and oxygen atoms in total. The van der Waals surface area contributed by atoms with E-state index in [1.54, 1.807) is 29.2 Å². The quantitative estimate of drug-likeness (QED) is 0.677. The van der Waals surface area contributed by atoms with Crippen molar-refractivity contribution < 1.29 is 33.3 Å². The third-order valence-corrected chi connectivity index (χ3v) is 5.35. The van der Waals surface area contributed by atoms with Crippen LogP contribution in [0.5, 0.6) is 28.7 Å². The van der Waals surface area contributed by atoms with Crippen LogP contribution in [0.3, 0.4) is 0 Å². The highest BCUT2D eigenvalue weighted by Gasteiger charge is 2.31. The van der Waals surface area contributed by atoms with Gasteiger partial charge in [-0.05, 0) is 12.1 Å². The number of hydrogen-bond acceptors (Lipinski definition) is 7. The third-order valence-electron chi connectivity index (χ3n) is 5.35. The van der Waals surface area contributed by atoms with Crippen molar-refractivity contribution in [3.05, 3.63) is 30.3 Å². The molecule has 0 aromatic heterocycles. The zero-order valence-corrected chi connectivity index (χ0v) is 18.1. The summed E-state index contributed by atoms with van der Waals surface area (Å²) in [7, 11) is 4.52. The normalized spacial score (nSPS) is 16.7. The van der Waals surface area contributed by atoms with Gasteiger partial charge in [0.1, 0.15) is 0 Å². The van der Waals surface area contributed by atoms with Crippen LogP contribution in [-0.4, -0.2) is 53.2 Å². The molecule has 0 bridgehead atoms. The number of nitrogens with one attached hydrogen (secondary N) is 2. The van der Waals surface area contributed by atoms with Gasteiger partial charge in [-0.2, -0.15) is 0 Å². The first-order valence-corrected chi connectivity index (χ1v) is 10.1. The Morgan fingerprint density at radius 3 is 2.47 bits per heavy atom. The Morgan fingerprint density at radius 2 is 1.78 bits per heavy atom. The Balaban J connectivity index is 1.34. The number of hydrogen-bond donors (Lipinski definition) is 2. The summed E-state index contributed by atoms with van der Waals surface area (Å²) in [5.41, 5.74) is 1.24. The van der Waals surface area contributed by atoms with Crippen LogP contribution in [0.1, 0.15) is 6.42 Å². The topological polar surface area (TPSA) is 108 Å². The lowest BCUT2D eigenvalue weighted by molar-refractivity contribution is -0.117. The van der Waals surface area contributed by atoms with Crippen molar-refractivity contribution in [2.75, 3.05) is 51.4 Å². The van der Waals surface area contributed by atoms with E-state index >= 15 is 0 Å². The molecule has 0 spiro atoms. The summed E-state index contributed by atoms with van der Waals surface area (Å²) in [5, 5.41) is 5.58. The van der Waals surface area contributed by atoms with E-state index in [4.69, 9.17) is 23.7 Å². The number of carbonyl (C=O) groups is 2. The first-order valence-electron chi connectivity index (χ1n) is 10.1. The second-order valence-electron chi connectivity index (χ2n) is 7.36. The van der Waals surface area contributed by atoms with Crippen LogP contribution in [0.15, 0.2) is 30.3 Å². The first kappa shape index (κ1) is 21.4. The van der Waals surface area contributed by atoms with Gasteiger partial charge in [0.05, 0.1) is 27.0 Å². The number of amides is 3. The van der Waals surface area contributed by atoms with Crippen LogP contribution in [0, 0.1) is 5.92 Å². The lowest BCUT2D eigenvalue weighted by Crippen LogP contribution is -2.34. The van der Waals surface area contributed by atoms with E-state index in [1.165, 1.54) is 21.3 Å². The fourth-order valence-electron chi connectivity index (χ4n) is 3.79. The molecule has 10 heteroatoms. The van der Waals surface area contributed by atoms with Crippen LogP contribution < -0.4 is 39.2 Å². The molecule has 2 heterocycles. The van der Waals surface area contributed by atoms with Gasteiger partial charge < -0.3 is 39.2 Å². The predicted octanol–water partition coefficient (Wildman–Crippen LogP) is 2.62. The highest BCUT2D eigenvalue weighted by atomic mass is 16.7. The summed E-state index contributed by atoms with van der Waals surface area (Å²) in [6.45, 7) is 1.03. The van der Waals surface area contributed by atoms with Crippen LogP contribution in [-0.2, 0) is 4.79 Å². The molecule has 1 fully saturated rings. The zero-order chi connectivity index (χ0) is 22.7. The van der Waals surface area contributed by atoms with E-state index < -0.39 is 6.03 Å². The fourth-order valence-corrected chi connectivity index (χ4v) is 3.79. The molecule has 1 saturated heterocycles. The molecule has 2 aromatic carbocycles. The molecule has 2 aromatic rings. The Labute approximate surface area is 185 Å². The lowest BCUT2D eigenvalue weighted by Gasteiger charge is -2.18. The number of ether oxygens (including phenoxy) is 5. The molecule has 1 atom stereocenters. The number of urea groups is 1. The molecule has 0 saturated carbocycles. The van der Waals surface area contributed by atoms with Crippen LogP contribution in [0.2, 0.25) is 0 Å². The molecule has 170 valence electrons. The molecule has 2 aliphatic rings. The maximum absolute atomic E-state index is 12.5. The Morgan fingerprint density at radius 1 is 1.06 bits per heavy atom. The second kappa shape index (κ2) is 9.13. The van der Waals surface area contributed by atoms with Gasteiger partial charge in [0.15, 0.2) is 23.0 Å². The number of nitrogens with zero attached hydrogens (tertiary/aromatic N) is 1. The Bertz CT molecular complexity index is 1000. The highest BCUT2D eigenvalue weighted by Crippen LogP contribution is 2.40. The minimum Gasteiger partial charge on any atom is -0.493 e. The van der Waals surface area contributed by atoms with Crippen molar-refractivity contribution in [3.63, 3.8) is 0 Å². The van der Waals surface area contributed by atoms with Crippen molar-refractivity contribution in [2.24, 2.45) is 5.92 Å². The second-order valence-corrected chi connectivity index (χ2v) is 7.36. The van der Waals surface area contributed by atoms with E-state index in [9.17, 15) is 9.59 Å². The average molecular weight is 443 g/mol. The monoisotopic (exact) mass is 443 g/mol. The molecule has 0 aliphatic carbocycles. The fraction of sp³-hybridized carbons (Fsp3) is 0.364. The minimum atomic E-state index is -0.395. The SMILES string of the molecule is COc1cc(NC(=O)NC[C@H]2CC(=O)N(c3ccc4c(c3)OCO4)C2)cc(OC)c1OC. The number of methoxy groups -OCH3 is 3. The summed E-state index contributed by atoms with van der Waals surface area (Å²) < 4.78 is 26.6. The zero-order valence-electron chi connectivity index (χ0n) is 18.1. The summed E-state index contributed by atoms with van der Waals surface area (Å²) >= 11 is 0. The number of anilines is 2. The number of benzene rings is 2. The van der Waals surface area contributed by atoms with E-state index in [1.807, 2.05) is 6.07 Å². The number of fused-ring (bicyclic) bond motifs is 1. The van der Waals surface area contributed by atoms with Gasteiger partial charge in [-0.25, -0.2) is 4.79 Å². The van der Waals surface area contributed by atoms with Crippen molar-refractivity contribution in [1.82, 2.24) is 5.32 Å². The molecule has 4 rings (SSSR count). The molecular formula is C22H25N3O7. The largest absolute Gasteiger partial charge is 0.493 e. The van der Waals surface area contributed by atoms with Crippen LogP contribution >= 0.6 is 0 Å². The van der Waals surface area contributed by atoms with Crippen LogP contribution in [0.4, 0.5) is 16.2 Å².